The van der Waals surface area contributed by atoms with Crippen molar-refractivity contribution in [3.63, 3.8) is 0 Å². The number of nitrogens with one attached hydrogen (secondary N) is 1. The molecular formula is C40H55ClN2O3. The van der Waals surface area contributed by atoms with Crippen LogP contribution < -0.4 is 5.32 Å². The molecule has 6 heteroatoms. The van der Waals surface area contributed by atoms with Crippen molar-refractivity contribution < 1.29 is 14.4 Å². The molecule has 0 unspecified atom stereocenters. The van der Waals surface area contributed by atoms with Crippen LogP contribution in [0.25, 0.3) is 11.3 Å². The number of allylic oxidation sites excluding steroid dienone is 2. The fraction of sp³-hybridized carbons (Fsp3) is 0.700. The molecular weight excluding hydrogens is 592 g/mol. The van der Waals surface area contributed by atoms with Crippen LogP contribution in [0.5, 0.6) is 0 Å². The predicted octanol–water partition coefficient (Wildman–Crippen LogP) is 9.77. The zero-order valence-electron chi connectivity index (χ0n) is 29.1. The van der Waals surface area contributed by atoms with Crippen molar-refractivity contribution in [1.82, 2.24) is 10.5 Å². The van der Waals surface area contributed by atoms with Crippen LogP contribution in [0.15, 0.2) is 46.5 Å². The van der Waals surface area contributed by atoms with Crippen molar-refractivity contribution in [2.24, 2.45) is 50.2 Å². The highest BCUT2D eigenvalue weighted by atomic mass is 35.5. The second-order valence-electron chi connectivity index (χ2n) is 18.0. The molecule has 4 fully saturated rings. The SMILES string of the molecule is CC1(C)[C@@H](O)CC[C@]2(C)[C@H]3CC=C4[C@@H]5C[C@@](C)(C(=O)NCc6cc(-c7ccccc7Cl)no6)CC[C@]5(C)CC[C@@]4(C)[C@]3(C)CC[C@@H]12. The number of aliphatic hydroxyl groups is 1. The van der Waals surface area contributed by atoms with Gasteiger partial charge in [0, 0.05) is 17.0 Å². The summed E-state index contributed by atoms with van der Waals surface area (Å²) < 4.78 is 5.61. The smallest absolute Gasteiger partial charge is 0.226 e. The molecule has 9 atom stereocenters. The number of carbonyl (C=O) groups is 1. The Labute approximate surface area is 281 Å². The Morgan fingerprint density at radius 3 is 2.48 bits per heavy atom. The standard InChI is InChI=1S/C40H55ClN2O3/c1-35(2)31-14-17-40(7)32(38(31,5)16-15-33(35)44)13-12-27-28-23-37(4,19-18-36(28,3)20-21-39(27,40)6)34(45)42-24-25-22-30(43-46-25)26-10-8-9-11-29(26)41/h8-12,22,28,31-33,44H,13-21,23-24H2,1-7H3,(H,42,45)/t28-,31-,32+,33-,36+,37-,38-,39+,40+/m0/s1. The third-order valence-corrected chi connectivity index (χ3v) is 15.8. The summed E-state index contributed by atoms with van der Waals surface area (Å²) >= 11 is 6.38. The van der Waals surface area contributed by atoms with E-state index < -0.39 is 5.41 Å². The normalized spacial score (nSPS) is 42.9. The van der Waals surface area contributed by atoms with E-state index in [1.54, 1.807) is 5.57 Å². The summed E-state index contributed by atoms with van der Waals surface area (Å²) in [6.07, 6.45) is 13.5. The van der Waals surface area contributed by atoms with Crippen LogP contribution in [-0.4, -0.2) is 22.3 Å². The number of benzene rings is 1. The van der Waals surface area contributed by atoms with E-state index in [0.717, 1.165) is 44.1 Å². The van der Waals surface area contributed by atoms with Crippen LogP contribution in [0, 0.1) is 50.2 Å². The molecule has 0 saturated heterocycles. The average Bonchev–Trinajstić information content (AvgIpc) is 3.48. The van der Waals surface area contributed by atoms with E-state index >= 15 is 0 Å². The summed E-state index contributed by atoms with van der Waals surface area (Å²) in [6.45, 7) is 17.5. The highest BCUT2D eigenvalue weighted by molar-refractivity contribution is 6.33. The molecule has 4 saturated carbocycles. The number of aromatic nitrogens is 1. The van der Waals surface area contributed by atoms with E-state index in [1.165, 1.54) is 25.7 Å². The van der Waals surface area contributed by atoms with Gasteiger partial charge in [0.25, 0.3) is 0 Å². The third-order valence-electron chi connectivity index (χ3n) is 15.5. The fourth-order valence-corrected chi connectivity index (χ4v) is 12.4. The minimum absolute atomic E-state index is 0.0369. The Morgan fingerprint density at radius 1 is 0.978 bits per heavy atom. The molecule has 5 aliphatic carbocycles. The minimum atomic E-state index is -0.431. The van der Waals surface area contributed by atoms with Crippen LogP contribution in [0.3, 0.4) is 0 Å². The van der Waals surface area contributed by atoms with E-state index in [4.69, 9.17) is 16.1 Å². The number of fused-ring (bicyclic) bond motifs is 7. The van der Waals surface area contributed by atoms with Gasteiger partial charge in [-0.2, -0.15) is 0 Å². The van der Waals surface area contributed by atoms with Gasteiger partial charge in [0.1, 0.15) is 5.69 Å². The molecule has 5 nitrogen and oxygen atoms in total. The fourth-order valence-electron chi connectivity index (χ4n) is 12.1. The zero-order valence-corrected chi connectivity index (χ0v) is 29.9. The van der Waals surface area contributed by atoms with Crippen LogP contribution in [0.4, 0.5) is 0 Å². The van der Waals surface area contributed by atoms with Gasteiger partial charge < -0.3 is 14.9 Å². The van der Waals surface area contributed by atoms with Gasteiger partial charge in [0.2, 0.25) is 5.91 Å². The lowest BCUT2D eigenvalue weighted by Crippen LogP contribution is -2.64. The molecule has 2 aromatic rings. The molecule has 7 rings (SSSR count). The van der Waals surface area contributed by atoms with Crippen LogP contribution in [0.2, 0.25) is 5.02 Å². The molecule has 0 bridgehead atoms. The Morgan fingerprint density at radius 2 is 1.72 bits per heavy atom. The summed E-state index contributed by atoms with van der Waals surface area (Å²) in [4.78, 5) is 14.0. The summed E-state index contributed by atoms with van der Waals surface area (Å²) in [5.41, 5.74) is 3.55. The van der Waals surface area contributed by atoms with Crippen molar-refractivity contribution in [2.45, 2.75) is 125 Å². The number of aliphatic hydroxyl groups excluding tert-OH is 1. The Kier molecular flexibility index (Phi) is 7.54. The lowest BCUT2D eigenvalue weighted by molar-refractivity contribution is -0.203. The number of nitrogens with zero attached hydrogens (tertiary/aromatic N) is 1. The second kappa shape index (κ2) is 10.7. The Bertz CT molecular complexity index is 1560. The molecule has 1 aromatic carbocycles. The van der Waals surface area contributed by atoms with Gasteiger partial charge in [-0.25, -0.2) is 0 Å². The molecule has 0 spiro atoms. The summed E-state index contributed by atoms with van der Waals surface area (Å²) in [7, 11) is 0. The number of rotatable bonds is 4. The number of hydrogen-bond donors (Lipinski definition) is 2. The molecule has 1 aromatic heterocycles. The highest BCUT2D eigenvalue weighted by Gasteiger charge is 2.68. The van der Waals surface area contributed by atoms with Crippen molar-refractivity contribution in [3.8, 4) is 11.3 Å². The van der Waals surface area contributed by atoms with Gasteiger partial charge in [-0.1, -0.05) is 95.1 Å². The maximum Gasteiger partial charge on any atom is 0.226 e. The first-order chi connectivity index (χ1) is 21.6. The maximum atomic E-state index is 14.0. The van der Waals surface area contributed by atoms with Gasteiger partial charge in [-0.3, -0.25) is 4.79 Å². The van der Waals surface area contributed by atoms with E-state index in [1.807, 2.05) is 30.3 Å². The van der Waals surface area contributed by atoms with Crippen LogP contribution in [0.1, 0.15) is 118 Å². The van der Waals surface area contributed by atoms with E-state index in [-0.39, 0.29) is 39.1 Å². The predicted molar refractivity (Wildman–Crippen MR) is 184 cm³/mol. The monoisotopic (exact) mass is 646 g/mol. The van der Waals surface area contributed by atoms with Gasteiger partial charge >= 0.3 is 0 Å². The van der Waals surface area contributed by atoms with E-state index in [2.05, 4.69) is 65.0 Å². The third kappa shape index (κ3) is 4.56. The first-order valence-corrected chi connectivity index (χ1v) is 18.3. The van der Waals surface area contributed by atoms with Crippen molar-refractivity contribution in [3.05, 3.63) is 52.8 Å². The van der Waals surface area contributed by atoms with Crippen molar-refractivity contribution >= 4 is 17.5 Å². The topological polar surface area (TPSA) is 75.4 Å². The lowest BCUT2D eigenvalue weighted by atomic mass is 9.33. The van der Waals surface area contributed by atoms with Crippen LogP contribution in [-0.2, 0) is 11.3 Å². The van der Waals surface area contributed by atoms with Gasteiger partial charge in [-0.15, -0.1) is 0 Å². The van der Waals surface area contributed by atoms with Crippen LogP contribution >= 0.6 is 11.6 Å². The maximum absolute atomic E-state index is 14.0. The molecule has 5 aliphatic rings. The summed E-state index contributed by atoms with van der Waals surface area (Å²) in [6, 6.07) is 9.47. The van der Waals surface area contributed by atoms with E-state index in [0.29, 0.717) is 40.8 Å². The first kappa shape index (κ1) is 32.4. The number of halogens is 1. The Balaban J connectivity index is 1.12. The van der Waals surface area contributed by atoms with E-state index in [9.17, 15) is 9.90 Å². The molecule has 46 heavy (non-hydrogen) atoms. The highest BCUT2D eigenvalue weighted by Crippen LogP contribution is 2.75. The van der Waals surface area contributed by atoms with Gasteiger partial charge in [-0.05, 0) is 115 Å². The number of amides is 1. The van der Waals surface area contributed by atoms with Crippen molar-refractivity contribution in [2.75, 3.05) is 0 Å². The average molecular weight is 647 g/mol. The Hall–Kier alpha value is -2.11. The largest absolute Gasteiger partial charge is 0.393 e. The molecule has 0 radical (unpaired) electrons. The van der Waals surface area contributed by atoms with Gasteiger partial charge in [0.15, 0.2) is 5.76 Å². The molecule has 1 heterocycles. The van der Waals surface area contributed by atoms with Crippen molar-refractivity contribution in [1.29, 1.82) is 0 Å². The number of hydrogen-bond acceptors (Lipinski definition) is 4. The summed E-state index contributed by atoms with van der Waals surface area (Å²) in [5, 5.41) is 19.1. The van der Waals surface area contributed by atoms with Gasteiger partial charge in [0.05, 0.1) is 17.7 Å². The molecule has 1 amide bonds. The molecule has 250 valence electrons. The molecule has 0 aliphatic heterocycles. The quantitative estimate of drug-likeness (QED) is 0.324. The first-order valence-electron chi connectivity index (χ1n) is 17.9. The number of carbonyl (C=O) groups excluding carboxylic acids is 1. The second-order valence-corrected chi connectivity index (χ2v) is 18.4. The zero-order chi connectivity index (χ0) is 32.9. The summed E-state index contributed by atoms with van der Waals surface area (Å²) in [5.74, 6) is 2.35. The lowest BCUT2D eigenvalue weighted by Gasteiger charge is -2.71. The minimum Gasteiger partial charge on any atom is -0.393 e. The molecule has 2 N–H and O–H groups in total.